The maximum absolute atomic E-state index is 12.4. The molecule has 1 saturated heterocycles. The summed E-state index contributed by atoms with van der Waals surface area (Å²) in [6, 6.07) is 5.62. The molecular weight excluding hydrogens is 335 g/mol. The van der Waals surface area contributed by atoms with Crippen molar-refractivity contribution in [2.75, 3.05) is 13.1 Å². The number of halogens is 3. The number of ether oxygens (including phenoxy) is 2. The van der Waals surface area contributed by atoms with E-state index in [1.54, 1.807) is 12.1 Å². The summed E-state index contributed by atoms with van der Waals surface area (Å²) in [4.78, 5) is 14.2. The standard InChI is InChI=1S/C18H24F3NO3/c1-17(2,3)16(23)22-10-4-5-15(11-22)24-12-13-6-8-14(9-7-13)25-18(19,20)21/h6-9,15H,4-5,10-12H2,1-3H3. The lowest BCUT2D eigenvalue weighted by Crippen LogP contribution is -2.47. The quantitative estimate of drug-likeness (QED) is 0.811. The first-order valence-corrected chi connectivity index (χ1v) is 8.30. The van der Waals surface area contributed by atoms with E-state index in [9.17, 15) is 18.0 Å². The van der Waals surface area contributed by atoms with Crippen molar-refractivity contribution in [3.8, 4) is 5.75 Å². The molecule has 1 amide bonds. The van der Waals surface area contributed by atoms with Crippen molar-refractivity contribution in [2.24, 2.45) is 5.41 Å². The van der Waals surface area contributed by atoms with Crippen LogP contribution in [0.1, 0.15) is 39.2 Å². The van der Waals surface area contributed by atoms with E-state index in [4.69, 9.17) is 4.74 Å². The smallest absolute Gasteiger partial charge is 0.406 e. The molecule has 0 N–H and O–H groups in total. The van der Waals surface area contributed by atoms with E-state index in [2.05, 4.69) is 4.74 Å². The molecule has 1 atom stereocenters. The van der Waals surface area contributed by atoms with E-state index in [1.165, 1.54) is 12.1 Å². The highest BCUT2D eigenvalue weighted by molar-refractivity contribution is 5.81. The first-order chi connectivity index (χ1) is 11.5. The van der Waals surface area contributed by atoms with Gasteiger partial charge < -0.3 is 14.4 Å². The van der Waals surface area contributed by atoms with E-state index in [0.29, 0.717) is 6.54 Å². The average molecular weight is 359 g/mol. The van der Waals surface area contributed by atoms with Gasteiger partial charge in [0, 0.05) is 18.5 Å². The van der Waals surface area contributed by atoms with Crippen molar-refractivity contribution in [1.82, 2.24) is 4.90 Å². The third-order valence-corrected chi connectivity index (χ3v) is 3.95. The van der Waals surface area contributed by atoms with E-state index in [-0.39, 0.29) is 24.4 Å². The van der Waals surface area contributed by atoms with E-state index < -0.39 is 11.8 Å². The largest absolute Gasteiger partial charge is 0.573 e. The Hall–Kier alpha value is -1.76. The first-order valence-electron chi connectivity index (χ1n) is 8.30. The van der Waals surface area contributed by atoms with Crippen molar-refractivity contribution >= 4 is 5.91 Å². The van der Waals surface area contributed by atoms with Gasteiger partial charge >= 0.3 is 6.36 Å². The van der Waals surface area contributed by atoms with Gasteiger partial charge in [0.05, 0.1) is 12.7 Å². The summed E-state index contributed by atoms with van der Waals surface area (Å²) in [7, 11) is 0. The predicted octanol–water partition coefficient (Wildman–Crippen LogP) is 4.14. The number of hydrogen-bond donors (Lipinski definition) is 0. The molecule has 0 bridgehead atoms. The lowest BCUT2D eigenvalue weighted by molar-refractivity contribution is -0.274. The van der Waals surface area contributed by atoms with E-state index in [0.717, 1.165) is 24.9 Å². The van der Waals surface area contributed by atoms with Gasteiger partial charge in [-0.25, -0.2) is 0 Å². The minimum Gasteiger partial charge on any atom is -0.406 e. The summed E-state index contributed by atoms with van der Waals surface area (Å²) in [6.07, 6.45) is -3.01. The molecule has 4 nitrogen and oxygen atoms in total. The number of benzene rings is 1. The summed E-state index contributed by atoms with van der Waals surface area (Å²) >= 11 is 0. The van der Waals surface area contributed by atoms with Crippen molar-refractivity contribution < 1.29 is 27.4 Å². The summed E-state index contributed by atoms with van der Waals surface area (Å²) in [5, 5.41) is 0. The summed E-state index contributed by atoms with van der Waals surface area (Å²) in [6.45, 7) is 7.25. The Bertz CT molecular complexity index is 579. The van der Waals surface area contributed by atoms with E-state index >= 15 is 0 Å². The highest BCUT2D eigenvalue weighted by Crippen LogP contribution is 2.24. The van der Waals surface area contributed by atoms with Gasteiger partial charge in [-0.2, -0.15) is 0 Å². The molecule has 0 radical (unpaired) electrons. The van der Waals surface area contributed by atoms with Crippen LogP contribution in [0.3, 0.4) is 0 Å². The minimum absolute atomic E-state index is 0.0637. The molecule has 2 rings (SSSR count). The Morgan fingerprint density at radius 3 is 2.40 bits per heavy atom. The molecule has 1 aromatic carbocycles. The van der Waals surface area contributed by atoms with Crippen LogP contribution >= 0.6 is 0 Å². The van der Waals surface area contributed by atoms with Crippen LogP contribution < -0.4 is 4.74 Å². The number of alkyl halides is 3. The molecule has 1 unspecified atom stereocenters. The fourth-order valence-corrected chi connectivity index (χ4v) is 2.73. The van der Waals surface area contributed by atoms with Gasteiger partial charge in [-0.1, -0.05) is 32.9 Å². The predicted molar refractivity (Wildman–Crippen MR) is 87.0 cm³/mol. The number of amides is 1. The van der Waals surface area contributed by atoms with Crippen LogP contribution in [0.15, 0.2) is 24.3 Å². The maximum atomic E-state index is 12.4. The van der Waals surface area contributed by atoms with Crippen molar-refractivity contribution in [1.29, 1.82) is 0 Å². The SMILES string of the molecule is CC(C)(C)C(=O)N1CCCC(OCc2ccc(OC(F)(F)F)cc2)C1. The van der Waals surface area contributed by atoms with Crippen LogP contribution in [0.2, 0.25) is 0 Å². The highest BCUT2D eigenvalue weighted by Gasteiger charge is 2.32. The number of likely N-dealkylation sites (tertiary alicyclic amines) is 1. The highest BCUT2D eigenvalue weighted by atomic mass is 19.4. The maximum Gasteiger partial charge on any atom is 0.573 e. The topological polar surface area (TPSA) is 38.8 Å². The molecule has 1 aliphatic rings. The number of hydrogen-bond acceptors (Lipinski definition) is 3. The normalized spacial score (nSPS) is 19.0. The molecule has 0 spiro atoms. The van der Waals surface area contributed by atoms with Gasteiger partial charge in [0.15, 0.2) is 0 Å². The van der Waals surface area contributed by atoms with Crippen LogP contribution in [0.5, 0.6) is 5.75 Å². The number of carbonyl (C=O) groups excluding carboxylic acids is 1. The molecule has 1 aromatic rings. The van der Waals surface area contributed by atoms with Gasteiger partial charge in [-0.15, -0.1) is 13.2 Å². The van der Waals surface area contributed by atoms with Crippen molar-refractivity contribution in [3.63, 3.8) is 0 Å². The van der Waals surface area contributed by atoms with Crippen LogP contribution in [-0.2, 0) is 16.1 Å². The van der Waals surface area contributed by atoms with Crippen LogP contribution in [0.4, 0.5) is 13.2 Å². The van der Waals surface area contributed by atoms with Crippen LogP contribution in [0, 0.1) is 5.41 Å². The number of rotatable bonds is 4. The second-order valence-corrected chi connectivity index (χ2v) is 7.27. The third kappa shape index (κ3) is 6.23. The molecule has 1 fully saturated rings. The van der Waals surface area contributed by atoms with Gasteiger partial charge in [0.1, 0.15) is 5.75 Å². The summed E-state index contributed by atoms with van der Waals surface area (Å²) in [5.41, 5.74) is 0.338. The van der Waals surface area contributed by atoms with Gasteiger partial charge in [-0.05, 0) is 30.5 Å². The second-order valence-electron chi connectivity index (χ2n) is 7.27. The minimum atomic E-state index is -4.69. The van der Waals surface area contributed by atoms with Crippen molar-refractivity contribution in [3.05, 3.63) is 29.8 Å². The van der Waals surface area contributed by atoms with Crippen molar-refractivity contribution in [2.45, 2.75) is 52.7 Å². The van der Waals surface area contributed by atoms with Gasteiger partial charge in [0.25, 0.3) is 0 Å². The lowest BCUT2D eigenvalue weighted by atomic mass is 9.93. The first kappa shape index (κ1) is 19.6. The van der Waals surface area contributed by atoms with Gasteiger partial charge in [0.2, 0.25) is 5.91 Å². The summed E-state index contributed by atoms with van der Waals surface area (Å²) in [5.74, 6) is -0.148. The third-order valence-electron chi connectivity index (χ3n) is 3.95. The lowest BCUT2D eigenvalue weighted by Gasteiger charge is -2.36. The Labute approximate surface area is 145 Å². The molecule has 140 valence electrons. The molecule has 0 saturated carbocycles. The Balaban J connectivity index is 1.85. The molecular formula is C18H24F3NO3. The van der Waals surface area contributed by atoms with E-state index in [1.807, 2.05) is 25.7 Å². The second kappa shape index (κ2) is 7.64. The fourth-order valence-electron chi connectivity index (χ4n) is 2.73. The Morgan fingerprint density at radius 2 is 1.84 bits per heavy atom. The Kier molecular flexibility index (Phi) is 5.98. The summed E-state index contributed by atoms with van der Waals surface area (Å²) < 4.78 is 46.1. The zero-order valence-corrected chi connectivity index (χ0v) is 14.7. The molecule has 7 heteroatoms. The molecule has 1 heterocycles. The Morgan fingerprint density at radius 1 is 1.20 bits per heavy atom. The molecule has 1 aliphatic heterocycles. The molecule has 0 aliphatic carbocycles. The monoisotopic (exact) mass is 359 g/mol. The fraction of sp³-hybridized carbons (Fsp3) is 0.611. The van der Waals surface area contributed by atoms with Crippen LogP contribution in [-0.4, -0.2) is 36.4 Å². The average Bonchev–Trinajstić information content (AvgIpc) is 2.51. The molecule has 0 aromatic heterocycles. The number of nitrogens with zero attached hydrogens (tertiary/aromatic N) is 1. The van der Waals surface area contributed by atoms with Crippen LogP contribution in [0.25, 0.3) is 0 Å². The van der Waals surface area contributed by atoms with Gasteiger partial charge in [-0.3, -0.25) is 4.79 Å². The number of carbonyl (C=O) groups is 1. The number of piperidine rings is 1. The zero-order chi connectivity index (χ0) is 18.7. The molecule has 25 heavy (non-hydrogen) atoms. The zero-order valence-electron chi connectivity index (χ0n) is 14.7.